The van der Waals surface area contributed by atoms with E-state index in [4.69, 9.17) is 17.2 Å². The lowest BCUT2D eigenvalue weighted by Gasteiger charge is -2.36. The van der Waals surface area contributed by atoms with Gasteiger partial charge in [0.25, 0.3) is 0 Å². The first-order valence-corrected chi connectivity index (χ1v) is 41.5. The number of aliphatic hydroxyl groups excluding tert-OH is 1. The van der Waals surface area contributed by atoms with E-state index in [0.29, 0.717) is 64.2 Å². The van der Waals surface area contributed by atoms with Crippen LogP contribution in [-0.4, -0.2) is 295 Å². The number of carbonyl (C=O) groups excluding carboxylic acids is 18. The Morgan fingerprint density at radius 1 is 0.516 bits per heavy atom. The maximum Gasteiger partial charge on any atom is 0.246 e. The number of benzene rings is 3. The van der Waals surface area contributed by atoms with Crippen LogP contribution in [0.4, 0.5) is 0 Å². The normalized spacial score (nSPS) is 24.3. The first-order chi connectivity index (χ1) is 58.1. The Kier molecular flexibility index (Phi) is 35.0. The molecule has 2 aromatic heterocycles. The number of para-hydroxylation sites is 2. The van der Waals surface area contributed by atoms with Crippen molar-refractivity contribution in [2.24, 2.45) is 17.2 Å². The van der Waals surface area contributed by atoms with E-state index in [9.17, 15) is 86.9 Å². The van der Waals surface area contributed by atoms with Crippen LogP contribution < -0.4 is 70.4 Å². The molecule has 0 unspecified atom stereocenters. The topological polar surface area (TPSA) is 594 Å². The summed E-state index contributed by atoms with van der Waals surface area (Å²) in [6.07, 6.45) is 1.17. The molecule has 5 aromatic rings. The number of rotatable bonds is 20. The molecule has 660 valence electrons. The highest BCUT2D eigenvalue weighted by Gasteiger charge is 2.45. The molecule has 3 saturated heterocycles. The molecule has 20 N–H and O–H groups in total. The van der Waals surface area contributed by atoms with Crippen LogP contribution in [0.3, 0.4) is 0 Å². The zero-order chi connectivity index (χ0) is 89.2. The molecule has 0 saturated carbocycles. The number of hydrogen-bond donors (Lipinski definition) is 17. The monoisotopic (exact) mass is 1710 g/mol. The van der Waals surface area contributed by atoms with Crippen LogP contribution in [0.1, 0.15) is 115 Å². The van der Waals surface area contributed by atoms with Gasteiger partial charge in [-0.3, -0.25) is 86.3 Å². The van der Waals surface area contributed by atoms with E-state index in [1.54, 1.807) is 60.9 Å². The lowest BCUT2D eigenvalue weighted by molar-refractivity contribution is -0.149. The number of likely N-dealkylation sites (N-methyl/N-ethyl adjacent to an activating group) is 3. The van der Waals surface area contributed by atoms with E-state index in [-0.39, 0.29) is 63.0 Å². The van der Waals surface area contributed by atoms with Crippen molar-refractivity contribution >= 4 is 140 Å². The van der Waals surface area contributed by atoms with Gasteiger partial charge in [-0.1, -0.05) is 88.1 Å². The summed E-state index contributed by atoms with van der Waals surface area (Å²) in [5.41, 5.74) is 19.3. The number of nitrogens with two attached hydrogens (primary N) is 3. The predicted octanol–water partition coefficient (Wildman–Crippen LogP) is -4.04. The number of primary amides is 3. The van der Waals surface area contributed by atoms with Crippen LogP contribution in [-0.2, 0) is 106 Å². The molecular formula is C81H110N20O20S. The summed E-state index contributed by atoms with van der Waals surface area (Å²) in [5.74, 6) is -17.6. The molecule has 8 rings (SSSR count). The van der Waals surface area contributed by atoms with E-state index in [0.717, 1.165) is 31.4 Å². The minimum absolute atomic E-state index is 0.00274. The quantitative estimate of drug-likeness (QED) is 0.0353. The van der Waals surface area contributed by atoms with Gasteiger partial charge in [-0.05, 0) is 80.0 Å². The van der Waals surface area contributed by atoms with Gasteiger partial charge in [-0.15, -0.1) is 11.8 Å². The number of aliphatic hydroxyl groups is 1. The summed E-state index contributed by atoms with van der Waals surface area (Å²) in [6.45, 7) is 1.20. The summed E-state index contributed by atoms with van der Waals surface area (Å²) in [5, 5.41) is 48.0. The third-order valence-electron chi connectivity index (χ3n) is 21.6. The number of hydrogen-bond acceptors (Lipinski definition) is 21. The van der Waals surface area contributed by atoms with Crippen molar-refractivity contribution in [3.63, 3.8) is 0 Å². The van der Waals surface area contributed by atoms with Crippen molar-refractivity contribution < 1.29 is 96.5 Å². The molecule has 12 atom stereocenters. The van der Waals surface area contributed by atoms with Gasteiger partial charge >= 0.3 is 0 Å². The Morgan fingerprint density at radius 2 is 1.04 bits per heavy atom. The molecule has 3 aromatic carbocycles. The van der Waals surface area contributed by atoms with Crippen molar-refractivity contribution in [3.05, 3.63) is 102 Å². The Morgan fingerprint density at radius 3 is 1.64 bits per heavy atom. The van der Waals surface area contributed by atoms with Crippen LogP contribution in [0.15, 0.2) is 85.2 Å². The summed E-state index contributed by atoms with van der Waals surface area (Å²) in [7, 11) is 3.94. The van der Waals surface area contributed by atoms with Gasteiger partial charge in [0.2, 0.25) is 106 Å². The molecule has 0 aliphatic carbocycles. The van der Waals surface area contributed by atoms with E-state index in [2.05, 4.69) is 63.1 Å². The summed E-state index contributed by atoms with van der Waals surface area (Å²) in [4.78, 5) is 266. The van der Waals surface area contributed by atoms with Gasteiger partial charge < -0.3 is 115 Å². The number of carbonyl (C=O) groups is 18. The highest BCUT2D eigenvalue weighted by molar-refractivity contribution is 8.00. The van der Waals surface area contributed by atoms with E-state index in [1.807, 2.05) is 13.8 Å². The fourth-order valence-electron chi connectivity index (χ4n) is 14.8. The smallest absolute Gasteiger partial charge is 0.246 e. The lowest BCUT2D eigenvalue weighted by Crippen LogP contribution is -2.59. The molecule has 3 aliphatic heterocycles. The average Bonchev–Trinajstić information content (AvgIpc) is 1.73. The highest BCUT2D eigenvalue weighted by Crippen LogP contribution is 2.27. The van der Waals surface area contributed by atoms with Gasteiger partial charge in [-0.2, -0.15) is 0 Å². The number of fused-ring (bicyclic) bond motifs is 4. The first-order valence-electron chi connectivity index (χ1n) is 40.4. The molecule has 122 heavy (non-hydrogen) atoms. The van der Waals surface area contributed by atoms with Crippen molar-refractivity contribution in [1.29, 1.82) is 0 Å². The number of nitrogens with one attached hydrogen (secondary N) is 12. The maximum atomic E-state index is 15.4. The number of amides is 18. The summed E-state index contributed by atoms with van der Waals surface area (Å²) in [6, 6.07) is 3.36. The number of unbranched alkanes of at least 4 members (excludes halogenated alkanes) is 2. The third kappa shape index (κ3) is 26.4. The van der Waals surface area contributed by atoms with Crippen molar-refractivity contribution in [1.82, 2.24) is 87.6 Å². The number of aromatic nitrogens is 2. The number of aromatic hydroxyl groups is 1. The Balaban J connectivity index is 1.12. The van der Waals surface area contributed by atoms with E-state index < -0.39 is 243 Å². The van der Waals surface area contributed by atoms with Gasteiger partial charge in [0.1, 0.15) is 72.2 Å². The third-order valence-corrected chi connectivity index (χ3v) is 22.6. The summed E-state index contributed by atoms with van der Waals surface area (Å²) < 4.78 is 0. The van der Waals surface area contributed by atoms with Crippen LogP contribution in [0, 0.1) is 0 Å². The van der Waals surface area contributed by atoms with Crippen LogP contribution >= 0.6 is 11.8 Å². The molecule has 18 amide bonds. The van der Waals surface area contributed by atoms with E-state index >= 15 is 9.59 Å². The number of H-pyrrole nitrogens is 2. The molecule has 3 fully saturated rings. The number of thioether (sulfide) groups is 1. The standard InChI is InChI=1S/C81H110N20O20S/c1-7-9-20-60-74(114)89-40-69(109)94-59(73(113)87-37-66(84)106)42-122-43-70(110)93-56(30-45-23-25-48(102)26-24-45)77(117)97(4)44(3)71(111)96-58(34-65(83)105)80(120)100-29-15-22-61(100)75(115)90-39-67(107)91-54(27-28-64(82)104)79(119)101-41-49(103)33-63(101)76(116)95-55(31-46-35-85-52-18-13-11-16-50(46)52)72(112)88-38-68(108)92-57(32-47-36-86-53-19-14-12-17-51(47)53)78(118)99(6)62(21-10-8-2)81(121)98(60)5/h11-14,16-19,23-26,35-36,44,49,54-63,85-86,102-103H,7-10,15,20-22,27-34,37-43H2,1-6H3,(H2,82,104)(H2,83,105)(H2,84,106)(H,87,113)(H,88,112)(H,89,114)(H,90,115)(H,91,107)(H,92,108)(H,93,110)(H,94,109)(H,95,116)(H,96,111)/t44-,49+,54-,55-,56-,57-,58-,59-,60-,61-,62-,63-/m0/s1. The maximum absolute atomic E-state index is 15.4. The zero-order valence-corrected chi connectivity index (χ0v) is 69.7. The second-order valence-corrected chi connectivity index (χ2v) is 31.6. The lowest BCUT2D eigenvalue weighted by atomic mass is 10.0. The van der Waals surface area contributed by atoms with Crippen molar-refractivity contribution in [2.45, 2.75) is 190 Å². The van der Waals surface area contributed by atoms with Crippen molar-refractivity contribution in [2.75, 3.05) is 71.9 Å². The SMILES string of the molecule is CCCC[C@H]1C(=O)N(C)[C@@H](CCCC)C(=O)NCC(=O)N[C@H](C(=O)NCC(N)=O)CSCC(=O)N[C@@H](Cc2ccc(O)cc2)C(=O)N(C)[C@@H](C)C(=O)N[C@@H](CC(N)=O)C(=O)N2CCC[C@H]2C(=O)NCC(=O)N[C@@H](CCC(N)=O)C(=O)N2C[C@H](O)C[C@H]2C(=O)N[C@@H](Cc2c[nH]c3ccccc23)C(=O)NCC(=O)N[C@@H](Cc2c[nH]c3ccccc23)C(=O)N1C. The largest absolute Gasteiger partial charge is 0.508 e. The number of phenolic OH excluding ortho intramolecular Hbond substituents is 1. The molecule has 0 radical (unpaired) electrons. The zero-order valence-electron chi connectivity index (χ0n) is 68.9. The van der Waals surface area contributed by atoms with E-state index in [1.165, 1.54) is 57.2 Å². The average molecular weight is 1720 g/mol. The van der Waals surface area contributed by atoms with Gasteiger partial charge in [0.05, 0.1) is 44.5 Å². The Bertz CT molecular complexity index is 4670. The highest BCUT2D eigenvalue weighted by atomic mass is 32.2. The second kappa shape index (κ2) is 45.1. The summed E-state index contributed by atoms with van der Waals surface area (Å²) >= 11 is 0.781. The molecule has 3 aliphatic rings. The molecule has 0 spiro atoms. The van der Waals surface area contributed by atoms with Gasteiger partial charge in [-0.25, -0.2) is 0 Å². The Hall–Kier alpha value is -12.7. The van der Waals surface area contributed by atoms with Crippen LogP contribution in [0.25, 0.3) is 21.8 Å². The number of phenols is 1. The van der Waals surface area contributed by atoms with Crippen LogP contribution in [0.2, 0.25) is 0 Å². The number of aromatic amines is 2. The fourth-order valence-corrected chi connectivity index (χ4v) is 15.7. The first kappa shape index (κ1) is 94.8. The molecular weight excluding hydrogens is 1610 g/mol. The van der Waals surface area contributed by atoms with Crippen LogP contribution in [0.5, 0.6) is 5.75 Å². The minimum atomic E-state index is -1.75. The minimum Gasteiger partial charge on any atom is -0.508 e. The Labute approximate surface area is 707 Å². The fraction of sp³-hybridized carbons (Fsp3) is 0.506. The van der Waals surface area contributed by atoms with Crippen molar-refractivity contribution in [3.8, 4) is 5.75 Å². The predicted molar refractivity (Wildman–Crippen MR) is 443 cm³/mol. The molecule has 41 heteroatoms. The molecule has 40 nitrogen and oxygen atoms in total. The molecule has 0 bridgehead atoms. The van der Waals surface area contributed by atoms with Gasteiger partial charge in [0, 0.05) is 106 Å². The molecule has 5 heterocycles. The number of nitrogens with zero attached hydrogens (tertiary/aromatic N) is 5. The van der Waals surface area contributed by atoms with Gasteiger partial charge in [0.15, 0.2) is 0 Å². The second-order valence-electron chi connectivity index (χ2n) is 30.6.